The van der Waals surface area contributed by atoms with E-state index in [1.807, 2.05) is 6.92 Å². The van der Waals surface area contributed by atoms with Gasteiger partial charge in [-0.15, -0.1) is 6.58 Å². The average Bonchev–Trinajstić information content (AvgIpc) is 3.00. The molecule has 1 aromatic heterocycles. The van der Waals surface area contributed by atoms with Gasteiger partial charge in [0.25, 0.3) is 0 Å². The highest BCUT2D eigenvalue weighted by atomic mass is 32.2. The molecule has 0 bridgehead atoms. The van der Waals surface area contributed by atoms with Gasteiger partial charge in [-0.2, -0.15) is 4.31 Å². The summed E-state index contributed by atoms with van der Waals surface area (Å²) in [5.41, 5.74) is 1.72. The number of Topliss-reactive ketones (excluding diaryl/α,β-unsaturated/α-hetero) is 1. The quantitative estimate of drug-likeness (QED) is 0.345. The van der Waals surface area contributed by atoms with Crippen molar-refractivity contribution in [2.75, 3.05) is 13.7 Å². The van der Waals surface area contributed by atoms with Crippen molar-refractivity contribution in [3.63, 3.8) is 0 Å². The Bertz CT molecular complexity index is 1050. The third-order valence-corrected chi connectivity index (χ3v) is 7.13. The first-order chi connectivity index (χ1) is 14.1. The minimum Gasteiger partial charge on any atom is -0.464 e. The van der Waals surface area contributed by atoms with E-state index in [2.05, 4.69) is 6.58 Å². The molecule has 1 heterocycles. The fraction of sp³-hybridized carbons (Fsp3) is 0.364. The molecule has 0 fully saturated rings. The fourth-order valence-corrected chi connectivity index (χ4v) is 5.26. The Labute approximate surface area is 178 Å². The summed E-state index contributed by atoms with van der Waals surface area (Å²) in [6, 6.07) is 6.96. The number of nitrogens with zero attached hydrogens (tertiary/aromatic N) is 2. The summed E-state index contributed by atoms with van der Waals surface area (Å²) < 4.78 is 34.1. The number of esters is 1. The van der Waals surface area contributed by atoms with E-state index < -0.39 is 22.0 Å². The lowest BCUT2D eigenvalue weighted by Gasteiger charge is -2.26. The highest BCUT2D eigenvalue weighted by molar-refractivity contribution is 7.89. The molecule has 0 unspecified atom stereocenters. The topological polar surface area (TPSA) is 85.7 Å². The van der Waals surface area contributed by atoms with E-state index in [0.717, 1.165) is 4.31 Å². The van der Waals surface area contributed by atoms with Crippen LogP contribution >= 0.6 is 0 Å². The van der Waals surface area contributed by atoms with Gasteiger partial charge in [-0.05, 0) is 45.4 Å². The molecule has 0 N–H and O–H groups in total. The van der Waals surface area contributed by atoms with Crippen LogP contribution in [0.25, 0.3) is 0 Å². The number of rotatable bonds is 9. The standard InChI is InChI=1S/C22H28N2O5S/c1-7-14-24(30(27,28)18-12-10-9-11-13-18)17(5)21(25)19-15(3)20(22(26)29-6)23(8-2)16(19)4/h7,9-13,17H,1,8,14H2,2-6H3/t17-/m1/s1. The van der Waals surface area contributed by atoms with Crippen LogP contribution in [0.2, 0.25) is 0 Å². The van der Waals surface area contributed by atoms with Gasteiger partial charge in [-0.25, -0.2) is 13.2 Å². The molecule has 2 aromatic rings. The van der Waals surface area contributed by atoms with E-state index in [1.165, 1.54) is 25.3 Å². The maximum Gasteiger partial charge on any atom is 0.354 e. The Morgan fingerprint density at radius 2 is 1.83 bits per heavy atom. The maximum absolute atomic E-state index is 13.5. The van der Waals surface area contributed by atoms with Crippen molar-refractivity contribution in [3.8, 4) is 0 Å². The predicted octanol–water partition coefficient (Wildman–Crippen LogP) is 3.36. The lowest BCUT2D eigenvalue weighted by Crippen LogP contribution is -2.43. The number of carbonyl (C=O) groups is 2. The lowest BCUT2D eigenvalue weighted by molar-refractivity contribution is 0.0587. The number of hydrogen-bond donors (Lipinski definition) is 0. The van der Waals surface area contributed by atoms with Gasteiger partial charge in [-0.3, -0.25) is 4.79 Å². The molecule has 0 aliphatic heterocycles. The predicted molar refractivity (Wildman–Crippen MR) is 115 cm³/mol. The van der Waals surface area contributed by atoms with Crippen LogP contribution in [-0.4, -0.2) is 48.7 Å². The van der Waals surface area contributed by atoms with Crippen LogP contribution in [0.4, 0.5) is 0 Å². The Kier molecular flexibility index (Phi) is 7.39. The number of methoxy groups -OCH3 is 1. The molecule has 1 aromatic carbocycles. The molecular weight excluding hydrogens is 404 g/mol. The van der Waals surface area contributed by atoms with Crippen LogP contribution in [0.5, 0.6) is 0 Å². The van der Waals surface area contributed by atoms with Crippen LogP contribution in [0.1, 0.15) is 46.0 Å². The molecule has 0 aliphatic carbocycles. The molecular formula is C22H28N2O5S. The van der Waals surface area contributed by atoms with Crippen molar-refractivity contribution in [3.05, 3.63) is 65.5 Å². The van der Waals surface area contributed by atoms with Gasteiger partial charge in [0.2, 0.25) is 10.0 Å². The van der Waals surface area contributed by atoms with Gasteiger partial charge in [0, 0.05) is 24.3 Å². The van der Waals surface area contributed by atoms with Gasteiger partial charge in [0.15, 0.2) is 5.78 Å². The summed E-state index contributed by atoms with van der Waals surface area (Å²) in [5.74, 6) is -0.923. The molecule has 30 heavy (non-hydrogen) atoms. The van der Waals surface area contributed by atoms with Crippen LogP contribution in [-0.2, 0) is 21.3 Å². The van der Waals surface area contributed by atoms with Crippen LogP contribution in [0.15, 0.2) is 47.9 Å². The molecule has 0 saturated carbocycles. The molecule has 0 radical (unpaired) electrons. The zero-order valence-corrected chi connectivity index (χ0v) is 18.8. The first-order valence-electron chi connectivity index (χ1n) is 9.63. The van der Waals surface area contributed by atoms with E-state index in [9.17, 15) is 18.0 Å². The number of benzene rings is 1. The van der Waals surface area contributed by atoms with Crippen molar-refractivity contribution >= 4 is 21.8 Å². The lowest BCUT2D eigenvalue weighted by atomic mass is 10.0. The van der Waals surface area contributed by atoms with E-state index >= 15 is 0 Å². The first-order valence-corrected chi connectivity index (χ1v) is 11.1. The number of ether oxygens (including phenoxy) is 1. The Morgan fingerprint density at radius 1 is 1.23 bits per heavy atom. The summed E-state index contributed by atoms with van der Waals surface area (Å²) in [4.78, 5) is 25.8. The summed E-state index contributed by atoms with van der Waals surface area (Å²) in [7, 11) is -2.64. The molecule has 162 valence electrons. The Balaban J connectivity index is 2.58. The SMILES string of the molecule is C=CCN([C@H](C)C(=O)c1c(C)c(C(=O)OC)n(CC)c1C)S(=O)(=O)c1ccccc1. The number of carbonyl (C=O) groups excluding carboxylic acids is 2. The van der Waals surface area contributed by atoms with E-state index in [0.29, 0.717) is 29.1 Å². The van der Waals surface area contributed by atoms with Crippen molar-refractivity contribution in [2.24, 2.45) is 0 Å². The fourth-order valence-electron chi connectivity index (χ4n) is 3.67. The summed E-state index contributed by atoms with van der Waals surface area (Å²) >= 11 is 0. The van der Waals surface area contributed by atoms with E-state index in [4.69, 9.17) is 4.74 Å². The highest BCUT2D eigenvalue weighted by Gasteiger charge is 2.36. The average molecular weight is 433 g/mol. The van der Waals surface area contributed by atoms with Crippen molar-refractivity contribution in [1.29, 1.82) is 0 Å². The molecule has 8 heteroatoms. The maximum atomic E-state index is 13.5. The summed E-state index contributed by atoms with van der Waals surface area (Å²) in [6.07, 6.45) is 1.45. The second kappa shape index (κ2) is 9.40. The first kappa shape index (κ1) is 23.6. The van der Waals surface area contributed by atoms with Crippen molar-refractivity contribution < 1.29 is 22.7 Å². The smallest absolute Gasteiger partial charge is 0.354 e. The zero-order valence-electron chi connectivity index (χ0n) is 18.0. The minimum absolute atomic E-state index is 0.0272. The van der Waals surface area contributed by atoms with Gasteiger partial charge in [0.05, 0.1) is 18.0 Å². The number of hydrogen-bond acceptors (Lipinski definition) is 5. The molecule has 0 saturated heterocycles. The number of ketones is 1. The monoisotopic (exact) mass is 432 g/mol. The van der Waals surface area contributed by atoms with Crippen molar-refractivity contribution in [1.82, 2.24) is 8.87 Å². The highest BCUT2D eigenvalue weighted by Crippen LogP contribution is 2.27. The summed E-state index contributed by atoms with van der Waals surface area (Å²) in [6.45, 7) is 10.9. The summed E-state index contributed by atoms with van der Waals surface area (Å²) in [5, 5.41) is 0. The number of aromatic nitrogens is 1. The van der Waals surface area contributed by atoms with Crippen LogP contribution in [0, 0.1) is 13.8 Å². The Morgan fingerprint density at radius 3 is 2.33 bits per heavy atom. The van der Waals surface area contributed by atoms with Gasteiger partial charge in [0.1, 0.15) is 5.69 Å². The third kappa shape index (κ3) is 4.11. The van der Waals surface area contributed by atoms with E-state index in [-0.39, 0.29) is 17.2 Å². The zero-order chi connectivity index (χ0) is 22.6. The molecule has 1 atom stereocenters. The van der Waals surface area contributed by atoms with Gasteiger partial charge >= 0.3 is 5.97 Å². The molecule has 0 amide bonds. The molecule has 0 aliphatic rings. The molecule has 7 nitrogen and oxygen atoms in total. The molecule has 0 spiro atoms. The van der Waals surface area contributed by atoms with Crippen molar-refractivity contribution in [2.45, 2.75) is 45.2 Å². The number of sulfonamides is 1. The Hall–Kier alpha value is -2.71. The van der Waals surface area contributed by atoms with Crippen LogP contribution < -0.4 is 0 Å². The largest absolute Gasteiger partial charge is 0.464 e. The van der Waals surface area contributed by atoms with Gasteiger partial charge < -0.3 is 9.30 Å². The normalized spacial score (nSPS) is 12.6. The van der Waals surface area contributed by atoms with Gasteiger partial charge in [-0.1, -0.05) is 24.3 Å². The second-order valence-electron chi connectivity index (χ2n) is 6.89. The molecule has 2 rings (SSSR count). The second-order valence-corrected chi connectivity index (χ2v) is 8.78. The van der Waals surface area contributed by atoms with Crippen LogP contribution in [0.3, 0.4) is 0 Å². The van der Waals surface area contributed by atoms with E-state index in [1.54, 1.807) is 43.5 Å². The minimum atomic E-state index is -3.93. The third-order valence-electron chi connectivity index (χ3n) is 5.18.